The molecule has 2 heterocycles. The number of phosphoric acid groups is 1. The highest BCUT2D eigenvalue weighted by molar-refractivity contribution is 7.48. The average Bonchev–Trinajstić information content (AvgIpc) is 2.67. The van der Waals surface area contributed by atoms with Crippen LogP contribution in [0.4, 0.5) is 9.18 Å². The van der Waals surface area contributed by atoms with E-state index in [0.29, 0.717) is 4.57 Å². The Balaban J connectivity index is 2.30. The molecule has 0 aromatic carbocycles. The second kappa shape index (κ2) is 9.59. The highest BCUT2D eigenvalue weighted by Gasteiger charge is 2.59. The fourth-order valence-corrected chi connectivity index (χ4v) is 4.18. The van der Waals surface area contributed by atoms with Crippen LogP contribution in [0, 0.1) is 0 Å². The first kappa shape index (κ1) is 25.2. The molecule has 1 unspecified atom stereocenters. The average molecular weight is 470 g/mol. The number of aromatic nitrogens is 2. The molecule has 1 aliphatic rings. The fourth-order valence-electron chi connectivity index (χ4n) is 2.78. The van der Waals surface area contributed by atoms with Gasteiger partial charge in [-0.25, -0.2) is 23.1 Å². The third-order valence-corrected chi connectivity index (χ3v) is 5.68. The molecule has 1 aliphatic heterocycles. The summed E-state index contributed by atoms with van der Waals surface area (Å²) in [4.78, 5) is 36.8. The van der Waals surface area contributed by atoms with Crippen molar-refractivity contribution < 1.29 is 46.6 Å². The maximum atomic E-state index is 14.0. The first-order valence-electron chi connectivity index (χ1n) is 8.96. The van der Waals surface area contributed by atoms with Gasteiger partial charge in [-0.05, 0) is 20.8 Å². The number of H-pyrrole nitrogens is 1. The Hall–Kier alpha value is -2.09. The predicted octanol–water partition coefficient (Wildman–Crippen LogP) is 0.616. The highest BCUT2D eigenvalue weighted by atomic mass is 31.2. The van der Waals surface area contributed by atoms with Crippen LogP contribution in [-0.2, 0) is 38.1 Å². The number of hydrogen-bond donors (Lipinski definition) is 2. The topological polar surface area (TPSA) is 165 Å². The molecule has 13 nitrogen and oxygen atoms in total. The largest absolute Gasteiger partial charge is 0.510 e. The van der Waals surface area contributed by atoms with Gasteiger partial charge < -0.3 is 19.3 Å². The van der Waals surface area contributed by atoms with E-state index in [1.54, 1.807) is 13.8 Å². The highest BCUT2D eigenvalue weighted by Crippen LogP contribution is 2.58. The van der Waals surface area contributed by atoms with E-state index in [0.717, 1.165) is 26.3 Å². The molecule has 0 saturated carbocycles. The Morgan fingerprint density at radius 2 is 2.19 bits per heavy atom. The second-order valence-electron chi connectivity index (χ2n) is 6.99. The van der Waals surface area contributed by atoms with Crippen molar-refractivity contribution in [3.63, 3.8) is 0 Å². The minimum Gasteiger partial charge on any atom is -0.432 e. The van der Waals surface area contributed by atoms with Gasteiger partial charge in [0.15, 0.2) is 17.4 Å². The van der Waals surface area contributed by atoms with E-state index in [2.05, 4.69) is 4.74 Å². The summed E-state index contributed by atoms with van der Waals surface area (Å²) in [5, 5.41) is 11.1. The molecule has 2 N–H and O–H groups in total. The van der Waals surface area contributed by atoms with Crippen molar-refractivity contribution in [2.45, 2.75) is 44.3 Å². The summed E-state index contributed by atoms with van der Waals surface area (Å²) in [7, 11) is -3.44. The number of aromatic amines is 1. The number of hydrogen-bond acceptors (Lipinski definition) is 11. The second-order valence-corrected chi connectivity index (χ2v) is 8.61. The standard InChI is InChI=1S/C16H24FN2O11P/c1-10(2)29-14(22)26-9-28-31(24)27-8-16(7-17,25-4)12(30-31)15(3,23)19-6-5-11(20)18-13(19)21/h5-6,10,12,23H,7-9H2,1-4H3,(H,18,20,21)/t12-,15+,16+,31?/m0/s1. The number of rotatable bonds is 8. The van der Waals surface area contributed by atoms with Crippen molar-refractivity contribution >= 4 is 14.0 Å². The van der Waals surface area contributed by atoms with Crippen LogP contribution in [0.5, 0.6) is 0 Å². The molecule has 31 heavy (non-hydrogen) atoms. The third kappa shape index (κ3) is 5.59. The molecule has 0 bridgehead atoms. The van der Waals surface area contributed by atoms with Crippen molar-refractivity contribution in [1.82, 2.24) is 9.55 Å². The lowest BCUT2D eigenvalue weighted by Gasteiger charge is -2.47. The van der Waals surface area contributed by atoms with Crippen LogP contribution in [0.15, 0.2) is 21.9 Å². The third-order valence-electron chi connectivity index (χ3n) is 4.34. The molecule has 0 radical (unpaired) electrons. The van der Waals surface area contributed by atoms with Gasteiger partial charge in [0.05, 0.1) is 12.7 Å². The summed E-state index contributed by atoms with van der Waals surface area (Å²) < 4.78 is 57.0. The van der Waals surface area contributed by atoms with Crippen molar-refractivity contribution in [3.8, 4) is 0 Å². The zero-order chi connectivity index (χ0) is 23.4. The smallest absolute Gasteiger partial charge is 0.432 e. The fraction of sp³-hybridized carbons (Fsp3) is 0.688. The minimum atomic E-state index is -4.53. The van der Waals surface area contributed by atoms with Crippen molar-refractivity contribution in [1.29, 1.82) is 0 Å². The Morgan fingerprint density at radius 3 is 2.74 bits per heavy atom. The van der Waals surface area contributed by atoms with Gasteiger partial charge in [-0.1, -0.05) is 0 Å². The van der Waals surface area contributed by atoms with E-state index in [1.165, 1.54) is 0 Å². The summed E-state index contributed by atoms with van der Waals surface area (Å²) in [6.07, 6.45) is -2.49. The van der Waals surface area contributed by atoms with E-state index in [1.807, 2.05) is 4.98 Å². The van der Waals surface area contributed by atoms with Gasteiger partial charge in [0.1, 0.15) is 6.67 Å². The van der Waals surface area contributed by atoms with Gasteiger partial charge >= 0.3 is 19.7 Å². The lowest BCUT2D eigenvalue weighted by molar-refractivity contribution is -0.242. The summed E-state index contributed by atoms with van der Waals surface area (Å²) in [5.74, 6) is 0. The van der Waals surface area contributed by atoms with Crippen molar-refractivity contribution in [2.75, 3.05) is 27.2 Å². The normalized spacial score (nSPS) is 28.2. The first-order valence-corrected chi connectivity index (χ1v) is 10.4. The summed E-state index contributed by atoms with van der Waals surface area (Å²) in [6, 6.07) is 0.934. The number of aliphatic hydroxyl groups is 1. The molecule has 176 valence electrons. The minimum absolute atomic E-state index is 0.479. The van der Waals surface area contributed by atoms with Crippen LogP contribution in [-0.4, -0.2) is 65.8 Å². The molecule has 15 heteroatoms. The van der Waals surface area contributed by atoms with Gasteiger partial charge in [-0.2, -0.15) is 0 Å². The SMILES string of the molecule is CO[C@]1(CF)COP(=O)(OCOC(=O)OC(C)C)O[C@H]1[C@@](C)(O)n1ccc(=O)[nH]c1=O. The zero-order valence-electron chi connectivity index (χ0n) is 17.2. The Labute approximate surface area is 175 Å². The number of nitrogens with zero attached hydrogens (tertiary/aromatic N) is 1. The number of nitrogens with one attached hydrogen (secondary N) is 1. The number of methoxy groups -OCH3 is 1. The van der Waals surface area contributed by atoms with Crippen molar-refractivity contribution in [3.05, 3.63) is 33.1 Å². The Morgan fingerprint density at radius 1 is 1.52 bits per heavy atom. The lowest BCUT2D eigenvalue weighted by atomic mass is 9.90. The number of alkyl halides is 1. The van der Waals surface area contributed by atoms with E-state index in [-0.39, 0.29) is 0 Å². The van der Waals surface area contributed by atoms with Crippen LogP contribution >= 0.6 is 7.82 Å². The molecule has 0 spiro atoms. The zero-order valence-corrected chi connectivity index (χ0v) is 18.1. The monoisotopic (exact) mass is 470 g/mol. The molecule has 0 aliphatic carbocycles. The maximum absolute atomic E-state index is 14.0. The summed E-state index contributed by atoms with van der Waals surface area (Å²) in [6.45, 7) is 1.29. The molecule has 1 aromatic heterocycles. The van der Waals surface area contributed by atoms with Gasteiger partial charge in [-0.15, -0.1) is 0 Å². The van der Waals surface area contributed by atoms with E-state index in [4.69, 9.17) is 23.0 Å². The molecule has 2 rings (SSSR count). The first-order chi connectivity index (χ1) is 14.4. The molecular weight excluding hydrogens is 446 g/mol. The molecule has 1 aromatic rings. The lowest BCUT2D eigenvalue weighted by Crippen LogP contribution is -2.64. The number of ether oxygens (including phenoxy) is 3. The molecule has 1 fully saturated rings. The van der Waals surface area contributed by atoms with E-state index < -0.39 is 68.8 Å². The predicted molar refractivity (Wildman–Crippen MR) is 100.0 cm³/mol. The van der Waals surface area contributed by atoms with E-state index >= 15 is 0 Å². The molecule has 4 atom stereocenters. The summed E-state index contributed by atoms with van der Waals surface area (Å²) >= 11 is 0. The Bertz CT molecular complexity index is 940. The van der Waals surface area contributed by atoms with Crippen LogP contribution in [0.2, 0.25) is 0 Å². The van der Waals surface area contributed by atoms with Gasteiger partial charge in [0.2, 0.25) is 6.79 Å². The van der Waals surface area contributed by atoms with Crippen LogP contribution in [0.1, 0.15) is 20.8 Å². The quantitative estimate of drug-likeness (QED) is 0.311. The number of halogens is 1. The van der Waals surface area contributed by atoms with Crippen molar-refractivity contribution in [2.24, 2.45) is 0 Å². The summed E-state index contributed by atoms with van der Waals surface area (Å²) in [5.41, 5.74) is -6.20. The van der Waals surface area contributed by atoms with Crippen LogP contribution in [0.3, 0.4) is 0 Å². The Kier molecular flexibility index (Phi) is 7.79. The van der Waals surface area contributed by atoms with Gasteiger partial charge in [-0.3, -0.25) is 23.4 Å². The maximum Gasteiger partial charge on any atom is 0.510 e. The molecule has 1 saturated heterocycles. The van der Waals surface area contributed by atoms with E-state index in [9.17, 15) is 28.4 Å². The number of carbonyl (C=O) groups is 1. The molecular formula is C16H24FN2O11P. The van der Waals surface area contributed by atoms with Gasteiger partial charge in [0, 0.05) is 19.4 Å². The van der Waals surface area contributed by atoms with Gasteiger partial charge in [0.25, 0.3) is 5.56 Å². The molecule has 0 amide bonds. The van der Waals surface area contributed by atoms with Crippen LogP contribution in [0.25, 0.3) is 0 Å². The van der Waals surface area contributed by atoms with Crippen LogP contribution < -0.4 is 11.2 Å². The number of phosphoric ester groups is 1. The number of carbonyl (C=O) groups excluding carboxylic acids is 1.